The second-order valence-electron chi connectivity index (χ2n) is 4.70. The number of rotatable bonds is 7. The molecule has 0 aliphatic heterocycles. The summed E-state index contributed by atoms with van der Waals surface area (Å²) < 4.78 is 49.1. The van der Waals surface area contributed by atoms with Gasteiger partial charge >= 0.3 is 6.18 Å². The molecule has 1 N–H and O–H groups in total. The van der Waals surface area contributed by atoms with Crippen LogP contribution >= 0.6 is 0 Å². The van der Waals surface area contributed by atoms with Crippen molar-refractivity contribution in [2.24, 2.45) is 0 Å². The predicted octanol–water partition coefficient (Wildman–Crippen LogP) is 2.76. The van der Waals surface area contributed by atoms with E-state index in [2.05, 4.69) is 10.3 Å². The van der Waals surface area contributed by atoms with E-state index in [0.717, 1.165) is 6.20 Å². The summed E-state index contributed by atoms with van der Waals surface area (Å²) in [6.45, 7) is 0.470. The van der Waals surface area contributed by atoms with E-state index < -0.39 is 18.4 Å². The standard InChI is InChI=1S/C13H19F4N3/c1-18-11(12-4-3-10(14)9-19-12)5-7-20(2)8-6-13(15,16)17/h3-4,9,11,18H,5-8H2,1-2H3. The van der Waals surface area contributed by atoms with Crippen molar-refractivity contribution in [3.63, 3.8) is 0 Å². The van der Waals surface area contributed by atoms with E-state index in [1.54, 1.807) is 25.1 Å². The van der Waals surface area contributed by atoms with Crippen LogP contribution in [0.5, 0.6) is 0 Å². The van der Waals surface area contributed by atoms with E-state index in [0.29, 0.717) is 18.7 Å². The van der Waals surface area contributed by atoms with Gasteiger partial charge in [-0.25, -0.2) is 4.39 Å². The second kappa shape index (κ2) is 7.54. The zero-order chi connectivity index (χ0) is 15.2. The number of pyridine rings is 1. The highest BCUT2D eigenvalue weighted by molar-refractivity contribution is 5.09. The zero-order valence-electron chi connectivity index (χ0n) is 11.5. The Labute approximate surface area is 116 Å². The summed E-state index contributed by atoms with van der Waals surface area (Å²) in [6.07, 6.45) is -3.21. The lowest BCUT2D eigenvalue weighted by atomic mass is 10.1. The Morgan fingerprint density at radius 1 is 1.30 bits per heavy atom. The SMILES string of the molecule is CNC(CCN(C)CCC(F)(F)F)c1ccc(F)cn1. The third-order valence-electron chi connectivity index (χ3n) is 3.03. The van der Waals surface area contributed by atoms with Gasteiger partial charge in [-0.1, -0.05) is 0 Å². The average Bonchev–Trinajstić information content (AvgIpc) is 2.38. The highest BCUT2D eigenvalue weighted by Crippen LogP contribution is 2.20. The maximum atomic E-state index is 12.8. The van der Waals surface area contributed by atoms with E-state index in [1.165, 1.54) is 6.07 Å². The third-order valence-corrected chi connectivity index (χ3v) is 3.03. The lowest BCUT2D eigenvalue weighted by molar-refractivity contribution is -0.137. The summed E-state index contributed by atoms with van der Waals surface area (Å²) in [5.74, 6) is -0.411. The quantitative estimate of drug-likeness (QED) is 0.784. The van der Waals surface area contributed by atoms with Gasteiger partial charge in [0, 0.05) is 6.54 Å². The van der Waals surface area contributed by atoms with Gasteiger partial charge in [0.25, 0.3) is 0 Å². The minimum Gasteiger partial charge on any atom is -0.312 e. The van der Waals surface area contributed by atoms with Gasteiger partial charge in [0.05, 0.1) is 24.4 Å². The van der Waals surface area contributed by atoms with Crippen molar-refractivity contribution >= 4 is 0 Å². The van der Waals surface area contributed by atoms with E-state index >= 15 is 0 Å². The maximum Gasteiger partial charge on any atom is 0.390 e. The Morgan fingerprint density at radius 2 is 2.00 bits per heavy atom. The molecule has 0 aliphatic carbocycles. The monoisotopic (exact) mass is 293 g/mol. The summed E-state index contributed by atoms with van der Waals surface area (Å²) in [7, 11) is 3.39. The van der Waals surface area contributed by atoms with E-state index in [4.69, 9.17) is 0 Å². The van der Waals surface area contributed by atoms with Crippen LogP contribution < -0.4 is 5.32 Å². The van der Waals surface area contributed by atoms with Crippen molar-refractivity contribution in [1.82, 2.24) is 15.2 Å². The van der Waals surface area contributed by atoms with E-state index in [9.17, 15) is 17.6 Å². The first kappa shape index (κ1) is 16.8. The third kappa shape index (κ3) is 6.29. The van der Waals surface area contributed by atoms with Crippen LogP contribution in [-0.4, -0.2) is 43.2 Å². The van der Waals surface area contributed by atoms with Crippen molar-refractivity contribution in [2.75, 3.05) is 27.2 Å². The number of halogens is 4. The molecule has 0 saturated heterocycles. The van der Waals surface area contributed by atoms with Crippen LogP contribution in [-0.2, 0) is 0 Å². The molecule has 7 heteroatoms. The number of alkyl halides is 3. The molecule has 0 fully saturated rings. The zero-order valence-corrected chi connectivity index (χ0v) is 11.5. The molecule has 1 unspecified atom stereocenters. The molecule has 0 saturated carbocycles. The molecule has 1 aromatic rings. The Kier molecular flexibility index (Phi) is 6.35. The minimum absolute atomic E-state index is 0.0310. The number of nitrogens with zero attached hydrogens (tertiary/aromatic N) is 2. The summed E-state index contributed by atoms with van der Waals surface area (Å²) in [6, 6.07) is 2.79. The summed E-state index contributed by atoms with van der Waals surface area (Å²) in [4.78, 5) is 5.60. The van der Waals surface area contributed by atoms with Crippen molar-refractivity contribution in [2.45, 2.75) is 25.1 Å². The lowest BCUT2D eigenvalue weighted by Gasteiger charge is -2.21. The minimum atomic E-state index is -4.13. The molecule has 1 rings (SSSR count). The van der Waals surface area contributed by atoms with Crippen LogP contribution in [0, 0.1) is 5.82 Å². The average molecular weight is 293 g/mol. The smallest absolute Gasteiger partial charge is 0.312 e. The van der Waals surface area contributed by atoms with Crippen LogP contribution in [0.15, 0.2) is 18.3 Å². The first-order chi connectivity index (χ1) is 9.31. The van der Waals surface area contributed by atoms with Crippen LogP contribution in [0.2, 0.25) is 0 Å². The highest BCUT2D eigenvalue weighted by Gasteiger charge is 2.27. The number of nitrogens with one attached hydrogen (secondary N) is 1. The first-order valence-corrected chi connectivity index (χ1v) is 6.36. The first-order valence-electron chi connectivity index (χ1n) is 6.36. The Hall–Kier alpha value is -1.21. The van der Waals surface area contributed by atoms with E-state index in [1.807, 2.05) is 0 Å². The van der Waals surface area contributed by atoms with Crippen molar-refractivity contribution in [3.05, 3.63) is 29.8 Å². The number of hydrogen-bond donors (Lipinski definition) is 1. The summed E-state index contributed by atoms with van der Waals surface area (Å²) in [5, 5.41) is 3.03. The topological polar surface area (TPSA) is 28.2 Å². The molecule has 1 heterocycles. The van der Waals surface area contributed by atoms with E-state index in [-0.39, 0.29) is 12.6 Å². The van der Waals surface area contributed by atoms with Crippen molar-refractivity contribution < 1.29 is 17.6 Å². The molecule has 0 aliphatic rings. The van der Waals surface area contributed by atoms with Gasteiger partial charge in [-0.3, -0.25) is 4.98 Å². The lowest BCUT2D eigenvalue weighted by Crippen LogP contribution is -2.28. The Morgan fingerprint density at radius 3 is 2.50 bits per heavy atom. The van der Waals surface area contributed by atoms with Gasteiger partial charge in [-0.15, -0.1) is 0 Å². The molecule has 0 amide bonds. The number of hydrogen-bond acceptors (Lipinski definition) is 3. The molecule has 3 nitrogen and oxygen atoms in total. The summed E-state index contributed by atoms with van der Waals surface area (Å²) in [5.41, 5.74) is 0.679. The normalized spacial score (nSPS) is 13.8. The van der Waals surface area contributed by atoms with Gasteiger partial charge in [0.1, 0.15) is 5.82 Å². The predicted molar refractivity (Wildman–Crippen MR) is 68.8 cm³/mol. The van der Waals surface area contributed by atoms with Gasteiger partial charge in [-0.05, 0) is 39.2 Å². The fourth-order valence-electron chi connectivity index (χ4n) is 1.81. The fourth-order valence-corrected chi connectivity index (χ4v) is 1.81. The maximum absolute atomic E-state index is 12.8. The van der Waals surface area contributed by atoms with Gasteiger partial charge < -0.3 is 10.2 Å². The number of aromatic nitrogens is 1. The Bertz CT molecular complexity index is 392. The van der Waals surface area contributed by atoms with Crippen LogP contribution in [0.25, 0.3) is 0 Å². The van der Waals surface area contributed by atoms with Crippen molar-refractivity contribution in [1.29, 1.82) is 0 Å². The molecular weight excluding hydrogens is 274 g/mol. The van der Waals surface area contributed by atoms with Crippen molar-refractivity contribution in [3.8, 4) is 0 Å². The second-order valence-corrected chi connectivity index (χ2v) is 4.70. The molecule has 20 heavy (non-hydrogen) atoms. The molecule has 1 atom stereocenters. The molecule has 1 aromatic heterocycles. The van der Waals surface area contributed by atoms with Gasteiger partial charge in [0.15, 0.2) is 0 Å². The molecule has 0 radical (unpaired) electrons. The summed E-state index contributed by atoms with van der Waals surface area (Å²) >= 11 is 0. The highest BCUT2D eigenvalue weighted by atomic mass is 19.4. The molecular formula is C13H19F4N3. The van der Waals surface area contributed by atoms with Gasteiger partial charge in [-0.2, -0.15) is 13.2 Å². The fraction of sp³-hybridized carbons (Fsp3) is 0.615. The molecule has 0 aromatic carbocycles. The molecule has 114 valence electrons. The molecule has 0 spiro atoms. The largest absolute Gasteiger partial charge is 0.390 e. The molecule has 0 bridgehead atoms. The van der Waals surface area contributed by atoms with Gasteiger partial charge in [0.2, 0.25) is 0 Å². The van der Waals surface area contributed by atoms with Crippen LogP contribution in [0.3, 0.4) is 0 Å². The van der Waals surface area contributed by atoms with Crippen LogP contribution in [0.4, 0.5) is 17.6 Å². The Balaban J connectivity index is 2.43. The van der Waals surface area contributed by atoms with Crippen LogP contribution in [0.1, 0.15) is 24.6 Å².